The van der Waals surface area contributed by atoms with Crippen LogP contribution < -0.4 is 21.2 Å². The monoisotopic (exact) mass is 247 g/mol. The van der Waals surface area contributed by atoms with Crippen molar-refractivity contribution in [3.8, 4) is 0 Å². The molecule has 5 heavy (non-hydrogen) atoms. The molecule has 0 saturated carbocycles. The van der Waals surface area contributed by atoms with Gasteiger partial charge in [-0.1, -0.05) is 0 Å². The summed E-state index contributed by atoms with van der Waals surface area (Å²) in [5.41, 5.74) is 0. The Morgan fingerprint density at radius 2 is 2.00 bits per heavy atom. The minimum atomic E-state index is 0.683. The molecule has 0 atom stereocenters. The van der Waals surface area contributed by atoms with Gasteiger partial charge in [-0.2, -0.15) is 0 Å². The predicted octanol–water partition coefficient (Wildman–Crippen LogP) is -3.57. The second-order valence-corrected chi connectivity index (χ2v) is 4.81. The molecule has 2 heteroatoms. The van der Waals surface area contributed by atoms with Crippen molar-refractivity contribution in [2.45, 2.75) is 0 Å². The number of hydrogen-bond donors (Lipinski definition) is 0. The van der Waals surface area contributed by atoms with Crippen LogP contribution in [0.15, 0.2) is 0 Å². The molecule has 1 heterocycles. The summed E-state index contributed by atoms with van der Waals surface area (Å²) in [6, 6.07) is 0. The van der Waals surface area contributed by atoms with E-state index in [1.807, 2.05) is 0 Å². The van der Waals surface area contributed by atoms with Gasteiger partial charge in [0.15, 0.2) is 0 Å². The van der Waals surface area contributed by atoms with Crippen LogP contribution in [0.25, 0.3) is 0 Å². The molecule has 0 aromatic carbocycles. The molecule has 30 valence electrons. The van der Waals surface area contributed by atoms with Crippen molar-refractivity contribution in [1.82, 2.24) is 0 Å². The van der Waals surface area contributed by atoms with Crippen LogP contribution >= 0.6 is 0 Å². The zero-order chi connectivity index (χ0) is 3.70. The van der Waals surface area contributed by atoms with E-state index >= 15 is 0 Å². The first kappa shape index (κ1) is 4.28. The van der Waals surface area contributed by atoms with E-state index in [1.165, 1.54) is 8.86 Å². The quantitative estimate of drug-likeness (QED) is 0.236. The Labute approximate surface area is 49.9 Å². The fourth-order valence-corrected chi connectivity index (χ4v) is 3.32. The molecule has 1 fully saturated rings. The van der Waals surface area contributed by atoms with Gasteiger partial charge in [0.25, 0.3) is 0 Å². The van der Waals surface area contributed by atoms with Gasteiger partial charge in [-0.3, -0.25) is 0 Å². The molecule has 1 rings (SSSR count). The van der Waals surface area contributed by atoms with Crippen LogP contribution in [0, 0.1) is 0 Å². The summed E-state index contributed by atoms with van der Waals surface area (Å²) in [6.07, 6.45) is 0. The van der Waals surface area contributed by atoms with E-state index in [-0.39, 0.29) is 0 Å². The SMILES string of the molecule is [Se]=C1C[I-]C1. The third-order valence-electron chi connectivity index (χ3n) is 0.487. The molecule has 0 bridgehead atoms. The van der Waals surface area contributed by atoms with E-state index in [9.17, 15) is 0 Å². The Morgan fingerprint density at radius 1 is 1.60 bits per heavy atom. The molecule has 0 spiro atoms. The summed E-state index contributed by atoms with van der Waals surface area (Å²) in [7, 11) is 0. The topological polar surface area (TPSA) is 0 Å². The molecule has 1 aliphatic heterocycles. The fourth-order valence-electron chi connectivity index (χ4n) is 0.172. The summed E-state index contributed by atoms with van der Waals surface area (Å²) in [4.78, 5) is 0. The first-order chi connectivity index (χ1) is 2.39. The van der Waals surface area contributed by atoms with Crippen molar-refractivity contribution in [2.24, 2.45) is 0 Å². The zero-order valence-corrected chi connectivity index (χ0v) is 6.57. The van der Waals surface area contributed by atoms with Gasteiger partial charge in [0.05, 0.1) is 0 Å². The van der Waals surface area contributed by atoms with Crippen LogP contribution in [-0.4, -0.2) is 28.8 Å². The molecule has 1 saturated heterocycles. The summed E-state index contributed by atoms with van der Waals surface area (Å²) >= 11 is 3.70. The van der Waals surface area contributed by atoms with Crippen molar-refractivity contribution in [3.63, 3.8) is 0 Å². The van der Waals surface area contributed by atoms with Gasteiger partial charge < -0.3 is 0 Å². The number of hydrogen-bond acceptors (Lipinski definition) is 0. The maximum atomic E-state index is 3.02. The minimum absolute atomic E-state index is 0.683. The molecule has 0 aliphatic carbocycles. The van der Waals surface area contributed by atoms with Gasteiger partial charge >= 0.3 is 50.1 Å². The normalized spacial score (nSPS) is 23.6. The Bertz CT molecular complexity index is 53.9. The zero-order valence-electron chi connectivity index (χ0n) is 2.70. The molecule has 0 radical (unpaired) electrons. The standard InChI is InChI=1S/C3H4ISe/c5-3-1-4-2-3/h1-2H2/q-1. The van der Waals surface area contributed by atoms with Gasteiger partial charge in [0, 0.05) is 0 Å². The number of halogens is 1. The Kier molecular flexibility index (Phi) is 1.47. The van der Waals surface area contributed by atoms with Gasteiger partial charge in [0.2, 0.25) is 0 Å². The van der Waals surface area contributed by atoms with Crippen molar-refractivity contribution in [2.75, 3.05) is 8.86 Å². The number of rotatable bonds is 0. The average molecular weight is 246 g/mol. The van der Waals surface area contributed by atoms with Gasteiger partial charge in [-0.15, -0.1) is 0 Å². The van der Waals surface area contributed by atoms with Crippen LogP contribution in [0.5, 0.6) is 0 Å². The molecular formula is C3H4ISe-. The average Bonchev–Trinajstić information content (AvgIpc) is 1.30. The molecular weight excluding hydrogens is 242 g/mol. The van der Waals surface area contributed by atoms with Gasteiger partial charge in [0.1, 0.15) is 0 Å². The fraction of sp³-hybridized carbons (Fsp3) is 0.667. The van der Waals surface area contributed by atoms with E-state index in [2.05, 4.69) is 15.6 Å². The Hall–Kier alpha value is 1.12. The number of alkyl halides is 2. The van der Waals surface area contributed by atoms with Crippen molar-refractivity contribution < 1.29 is 21.2 Å². The third-order valence-corrected chi connectivity index (χ3v) is 6.34. The predicted molar refractivity (Wildman–Crippen MR) is 20.5 cm³/mol. The van der Waals surface area contributed by atoms with Gasteiger partial charge in [-0.05, 0) is 0 Å². The first-order valence-corrected chi connectivity index (χ1v) is 5.35. The third kappa shape index (κ3) is 0.983. The second kappa shape index (κ2) is 1.71. The van der Waals surface area contributed by atoms with Crippen LogP contribution in [0.3, 0.4) is 0 Å². The van der Waals surface area contributed by atoms with Crippen molar-refractivity contribution >= 4 is 20.0 Å². The molecule has 0 unspecified atom stereocenters. The first-order valence-electron chi connectivity index (χ1n) is 1.45. The second-order valence-electron chi connectivity index (χ2n) is 0.995. The van der Waals surface area contributed by atoms with Crippen LogP contribution in [0.2, 0.25) is 0 Å². The summed E-state index contributed by atoms with van der Waals surface area (Å²) in [5.74, 6) is 0. The Morgan fingerprint density at radius 3 is 2.00 bits per heavy atom. The van der Waals surface area contributed by atoms with E-state index in [0.717, 1.165) is 0 Å². The molecule has 0 nitrogen and oxygen atoms in total. The molecule has 0 amide bonds. The Balaban J connectivity index is 2.32. The van der Waals surface area contributed by atoms with Crippen molar-refractivity contribution in [3.05, 3.63) is 0 Å². The summed E-state index contributed by atoms with van der Waals surface area (Å²) in [5, 5.41) is 0. The van der Waals surface area contributed by atoms with E-state index < -0.39 is 0 Å². The molecule has 1 aliphatic rings. The van der Waals surface area contributed by atoms with E-state index in [0.29, 0.717) is 21.2 Å². The molecule has 0 aromatic heterocycles. The molecule has 0 N–H and O–H groups in total. The van der Waals surface area contributed by atoms with Crippen LogP contribution in [-0.2, 0) is 0 Å². The van der Waals surface area contributed by atoms with E-state index in [4.69, 9.17) is 0 Å². The summed E-state index contributed by atoms with van der Waals surface area (Å²) < 4.78 is 4.52. The van der Waals surface area contributed by atoms with Crippen LogP contribution in [0.1, 0.15) is 0 Å². The van der Waals surface area contributed by atoms with Crippen molar-refractivity contribution in [1.29, 1.82) is 0 Å². The van der Waals surface area contributed by atoms with Gasteiger partial charge in [-0.25, -0.2) is 0 Å². The molecule has 0 aromatic rings. The van der Waals surface area contributed by atoms with E-state index in [1.54, 1.807) is 4.42 Å². The maximum absolute atomic E-state index is 3.02. The summed E-state index contributed by atoms with van der Waals surface area (Å²) in [6.45, 7) is 0. The van der Waals surface area contributed by atoms with Crippen LogP contribution in [0.4, 0.5) is 0 Å².